The van der Waals surface area contributed by atoms with Crippen molar-refractivity contribution in [3.8, 4) is 0 Å². The average Bonchev–Trinajstić information content (AvgIpc) is 3.47. The molecule has 4 aromatic heterocycles. The lowest BCUT2D eigenvalue weighted by Gasteiger charge is -2.48. The third-order valence-electron chi connectivity index (χ3n) is 6.70. The number of nitrogens with one attached hydrogen (secondary N) is 3. The van der Waals surface area contributed by atoms with Gasteiger partial charge in [-0.25, -0.2) is 4.98 Å². The topological polar surface area (TPSA) is 112 Å². The SMILES string of the molecule is Cc1cc(Nc2nc(NC3CC4CCCC(C3)N4C(=O)c3ccccn3)nc3sccc23)n[nH]1. The van der Waals surface area contributed by atoms with E-state index in [1.165, 1.54) is 0 Å². The number of anilines is 3. The Balaban J connectivity index is 1.22. The van der Waals surface area contributed by atoms with Crippen molar-refractivity contribution in [2.24, 2.45) is 0 Å². The van der Waals surface area contributed by atoms with E-state index < -0.39 is 0 Å². The van der Waals surface area contributed by atoms with E-state index in [0.717, 1.165) is 59.7 Å². The van der Waals surface area contributed by atoms with Crippen LogP contribution in [0.2, 0.25) is 0 Å². The van der Waals surface area contributed by atoms with Crippen molar-refractivity contribution >= 4 is 45.0 Å². The van der Waals surface area contributed by atoms with E-state index in [0.29, 0.717) is 11.6 Å². The molecule has 4 aromatic rings. The molecule has 2 saturated heterocycles. The summed E-state index contributed by atoms with van der Waals surface area (Å²) in [5.74, 6) is 2.12. The lowest BCUT2D eigenvalue weighted by atomic mass is 9.81. The normalized spacial score (nSPS) is 22.0. The number of amides is 1. The van der Waals surface area contributed by atoms with Crippen LogP contribution in [0.25, 0.3) is 10.2 Å². The summed E-state index contributed by atoms with van der Waals surface area (Å²) in [4.78, 5) is 30.1. The minimum Gasteiger partial charge on any atom is -0.351 e. The first-order valence-electron chi connectivity index (χ1n) is 11.7. The molecule has 2 unspecified atom stereocenters. The van der Waals surface area contributed by atoms with Crippen molar-refractivity contribution in [3.63, 3.8) is 0 Å². The second-order valence-electron chi connectivity index (χ2n) is 9.08. The second kappa shape index (κ2) is 8.68. The van der Waals surface area contributed by atoms with Crippen molar-refractivity contribution in [3.05, 3.63) is 53.3 Å². The highest BCUT2D eigenvalue weighted by atomic mass is 32.1. The molecule has 174 valence electrons. The summed E-state index contributed by atoms with van der Waals surface area (Å²) in [6.45, 7) is 1.97. The lowest BCUT2D eigenvalue weighted by molar-refractivity contribution is 0.0253. The summed E-state index contributed by atoms with van der Waals surface area (Å²) >= 11 is 1.59. The van der Waals surface area contributed by atoms with Gasteiger partial charge in [-0.2, -0.15) is 10.1 Å². The highest BCUT2D eigenvalue weighted by Crippen LogP contribution is 2.36. The molecule has 0 saturated carbocycles. The van der Waals surface area contributed by atoms with E-state index in [-0.39, 0.29) is 24.0 Å². The van der Waals surface area contributed by atoms with Crippen LogP contribution in [0.5, 0.6) is 0 Å². The molecule has 3 N–H and O–H groups in total. The fourth-order valence-corrected chi connectivity index (χ4v) is 6.02. The van der Waals surface area contributed by atoms with E-state index in [4.69, 9.17) is 9.97 Å². The number of carbonyl (C=O) groups excluding carboxylic acids is 1. The first-order chi connectivity index (χ1) is 16.6. The van der Waals surface area contributed by atoms with Crippen LogP contribution in [0.15, 0.2) is 41.9 Å². The van der Waals surface area contributed by atoms with Crippen LogP contribution in [0.1, 0.15) is 48.3 Å². The van der Waals surface area contributed by atoms with Gasteiger partial charge >= 0.3 is 0 Å². The lowest BCUT2D eigenvalue weighted by Crippen LogP contribution is -2.57. The Morgan fingerprint density at radius 3 is 2.76 bits per heavy atom. The summed E-state index contributed by atoms with van der Waals surface area (Å²) in [6.07, 6.45) is 6.63. The molecule has 6 rings (SSSR count). The summed E-state index contributed by atoms with van der Waals surface area (Å²) in [7, 11) is 0. The molecule has 2 aliphatic rings. The number of pyridine rings is 1. The van der Waals surface area contributed by atoms with Gasteiger partial charge in [-0.3, -0.25) is 14.9 Å². The molecule has 0 aliphatic carbocycles. The number of rotatable bonds is 5. The van der Waals surface area contributed by atoms with E-state index in [1.807, 2.05) is 42.6 Å². The molecule has 10 heteroatoms. The van der Waals surface area contributed by atoms with Gasteiger partial charge in [-0.05, 0) is 62.6 Å². The fraction of sp³-hybridized carbons (Fsp3) is 0.375. The van der Waals surface area contributed by atoms with Crippen molar-refractivity contribution in [1.29, 1.82) is 0 Å². The standard InChI is InChI=1S/C24H26N8OS/c1-14-11-20(31-30-14)27-21-18-8-10-34-22(18)29-24(28-21)26-15-12-16-5-4-6-17(13-15)32(16)23(33)19-7-2-3-9-25-19/h2-3,7-11,15-17H,4-6,12-13H2,1H3,(H3,26,27,28,29,30,31). The summed E-state index contributed by atoms with van der Waals surface area (Å²) < 4.78 is 0. The van der Waals surface area contributed by atoms with Crippen LogP contribution in [-0.2, 0) is 0 Å². The van der Waals surface area contributed by atoms with Crippen LogP contribution in [0.4, 0.5) is 17.6 Å². The van der Waals surface area contributed by atoms with Gasteiger partial charge in [0.1, 0.15) is 16.3 Å². The predicted octanol–water partition coefficient (Wildman–Crippen LogP) is 4.50. The van der Waals surface area contributed by atoms with Crippen LogP contribution in [0.3, 0.4) is 0 Å². The fourth-order valence-electron chi connectivity index (χ4n) is 5.25. The van der Waals surface area contributed by atoms with E-state index in [9.17, 15) is 4.79 Å². The first kappa shape index (κ1) is 21.0. The maximum Gasteiger partial charge on any atom is 0.272 e. The minimum absolute atomic E-state index is 0.0470. The largest absolute Gasteiger partial charge is 0.351 e. The van der Waals surface area contributed by atoms with Gasteiger partial charge in [0.15, 0.2) is 5.82 Å². The first-order valence-corrected chi connectivity index (χ1v) is 12.6. The van der Waals surface area contributed by atoms with Gasteiger partial charge in [0.2, 0.25) is 5.95 Å². The number of carbonyl (C=O) groups is 1. The number of H-pyrrole nitrogens is 1. The second-order valence-corrected chi connectivity index (χ2v) is 9.97. The molecule has 0 aromatic carbocycles. The Morgan fingerprint density at radius 1 is 1.18 bits per heavy atom. The molecule has 0 spiro atoms. The number of aromatic nitrogens is 5. The summed E-state index contributed by atoms with van der Waals surface area (Å²) in [5, 5.41) is 17.1. The van der Waals surface area contributed by atoms with Gasteiger partial charge in [0.25, 0.3) is 5.91 Å². The van der Waals surface area contributed by atoms with Gasteiger partial charge in [0.05, 0.1) is 5.39 Å². The molecule has 6 heterocycles. The van der Waals surface area contributed by atoms with E-state index >= 15 is 0 Å². The smallest absolute Gasteiger partial charge is 0.272 e. The molecule has 1 amide bonds. The molecule has 2 atom stereocenters. The molecule has 2 aliphatic heterocycles. The Morgan fingerprint density at radius 2 is 2.03 bits per heavy atom. The van der Waals surface area contributed by atoms with Crippen molar-refractivity contribution < 1.29 is 4.79 Å². The number of thiophene rings is 1. The zero-order chi connectivity index (χ0) is 23.1. The molecule has 2 fully saturated rings. The molecule has 2 bridgehead atoms. The maximum atomic E-state index is 13.2. The molecular formula is C24H26N8OS. The van der Waals surface area contributed by atoms with Crippen LogP contribution < -0.4 is 10.6 Å². The number of nitrogens with zero attached hydrogens (tertiary/aromatic N) is 5. The number of aromatic amines is 1. The summed E-state index contributed by atoms with van der Waals surface area (Å²) in [6, 6.07) is 10.1. The Hall–Kier alpha value is -3.53. The van der Waals surface area contributed by atoms with Crippen LogP contribution >= 0.6 is 11.3 Å². The highest BCUT2D eigenvalue weighted by molar-refractivity contribution is 7.16. The Kier molecular flexibility index (Phi) is 5.37. The van der Waals surface area contributed by atoms with E-state index in [2.05, 4.69) is 30.7 Å². The van der Waals surface area contributed by atoms with Crippen molar-refractivity contribution in [1.82, 2.24) is 30.0 Å². The van der Waals surface area contributed by atoms with Crippen molar-refractivity contribution in [2.75, 3.05) is 10.6 Å². The third kappa shape index (κ3) is 3.98. The van der Waals surface area contributed by atoms with Gasteiger partial charge in [-0.1, -0.05) is 6.07 Å². The van der Waals surface area contributed by atoms with Crippen LogP contribution in [-0.4, -0.2) is 54.1 Å². The minimum atomic E-state index is 0.0470. The molecule has 34 heavy (non-hydrogen) atoms. The highest BCUT2D eigenvalue weighted by Gasteiger charge is 2.41. The Bertz CT molecular complexity index is 1310. The number of hydrogen-bond donors (Lipinski definition) is 3. The van der Waals surface area contributed by atoms with Gasteiger partial charge < -0.3 is 15.5 Å². The predicted molar refractivity (Wildman–Crippen MR) is 133 cm³/mol. The van der Waals surface area contributed by atoms with Crippen LogP contribution in [0, 0.1) is 6.92 Å². The van der Waals surface area contributed by atoms with Gasteiger partial charge in [0, 0.05) is 36.1 Å². The van der Waals surface area contributed by atoms with E-state index in [1.54, 1.807) is 17.5 Å². The average molecular weight is 475 g/mol. The maximum absolute atomic E-state index is 13.2. The summed E-state index contributed by atoms with van der Waals surface area (Å²) in [5.41, 5.74) is 1.51. The Labute approximate surface area is 201 Å². The number of fused-ring (bicyclic) bond motifs is 3. The third-order valence-corrected chi connectivity index (χ3v) is 7.51. The molecular weight excluding hydrogens is 448 g/mol. The molecule has 9 nitrogen and oxygen atoms in total. The monoisotopic (exact) mass is 474 g/mol. The number of piperidine rings is 2. The number of hydrogen-bond acceptors (Lipinski definition) is 8. The van der Waals surface area contributed by atoms with Crippen molar-refractivity contribution in [2.45, 2.75) is 57.2 Å². The zero-order valence-electron chi connectivity index (χ0n) is 18.9. The number of aryl methyl sites for hydroxylation is 1. The quantitative estimate of drug-likeness (QED) is 0.390. The zero-order valence-corrected chi connectivity index (χ0v) is 19.7. The molecule has 0 radical (unpaired) electrons. The van der Waals surface area contributed by atoms with Gasteiger partial charge in [-0.15, -0.1) is 11.3 Å².